The molecule has 0 spiro atoms. The average molecular weight is 295 g/mol. The van der Waals surface area contributed by atoms with E-state index in [0.29, 0.717) is 16.6 Å². The summed E-state index contributed by atoms with van der Waals surface area (Å²) in [4.78, 5) is 16.3. The van der Waals surface area contributed by atoms with Crippen LogP contribution in [0.4, 0.5) is 0 Å². The lowest BCUT2D eigenvalue weighted by Crippen LogP contribution is -2.34. The van der Waals surface area contributed by atoms with E-state index in [4.69, 9.17) is 11.6 Å². The molecular weight excluding hydrogens is 280 g/mol. The maximum Gasteiger partial charge on any atom is 0.228 e. The van der Waals surface area contributed by atoms with Gasteiger partial charge in [0.2, 0.25) is 5.91 Å². The molecule has 0 saturated carbocycles. The number of amides is 1. The number of halogens is 1. The van der Waals surface area contributed by atoms with Gasteiger partial charge in [0.1, 0.15) is 0 Å². The normalized spacial score (nSPS) is 18.7. The van der Waals surface area contributed by atoms with Crippen molar-refractivity contribution in [1.82, 2.24) is 5.32 Å². The number of hydrogen-bond acceptors (Lipinski definition) is 3. The highest BCUT2D eigenvalue weighted by Gasteiger charge is 2.22. The van der Waals surface area contributed by atoms with Crippen LogP contribution in [0.25, 0.3) is 0 Å². The van der Waals surface area contributed by atoms with Gasteiger partial charge in [-0.2, -0.15) is 0 Å². The molecule has 1 aromatic carbocycles. The summed E-state index contributed by atoms with van der Waals surface area (Å²) in [5.74, 6) is 0.756. The van der Waals surface area contributed by atoms with Gasteiger partial charge in [-0.3, -0.25) is 9.79 Å². The second-order valence-electron chi connectivity index (χ2n) is 4.50. The molecule has 3 nitrogen and oxygen atoms in total. The number of amidine groups is 1. The molecule has 0 unspecified atom stereocenters. The third-order valence-electron chi connectivity index (χ3n) is 2.61. The molecule has 1 aliphatic rings. The number of carbonyl (C=O) groups is 1. The first-order valence-corrected chi connectivity index (χ1v) is 7.31. The summed E-state index contributed by atoms with van der Waals surface area (Å²) >= 11 is 7.37. The SMILES string of the molecule is C=C(C)CSC1=N[C@H](c2ccc(Cl)cc2)CC(=O)N1. The van der Waals surface area contributed by atoms with E-state index in [0.717, 1.165) is 16.9 Å². The second-order valence-corrected chi connectivity index (χ2v) is 5.90. The first-order valence-electron chi connectivity index (χ1n) is 5.95. The van der Waals surface area contributed by atoms with Crippen molar-refractivity contribution in [2.24, 2.45) is 4.99 Å². The van der Waals surface area contributed by atoms with E-state index in [-0.39, 0.29) is 11.9 Å². The highest BCUT2D eigenvalue weighted by atomic mass is 35.5. The van der Waals surface area contributed by atoms with Gasteiger partial charge in [-0.05, 0) is 24.6 Å². The van der Waals surface area contributed by atoms with Crippen molar-refractivity contribution in [2.45, 2.75) is 19.4 Å². The quantitative estimate of drug-likeness (QED) is 0.866. The lowest BCUT2D eigenvalue weighted by molar-refractivity contribution is -0.120. The third kappa shape index (κ3) is 4.11. The van der Waals surface area contributed by atoms with Gasteiger partial charge in [0.25, 0.3) is 0 Å². The number of aliphatic imine (C=N–C) groups is 1. The second kappa shape index (κ2) is 6.26. The molecule has 2 rings (SSSR count). The van der Waals surface area contributed by atoms with Crippen LogP contribution in [-0.4, -0.2) is 16.8 Å². The van der Waals surface area contributed by atoms with Gasteiger partial charge in [0.15, 0.2) is 5.17 Å². The molecule has 0 aliphatic carbocycles. The van der Waals surface area contributed by atoms with Crippen molar-refractivity contribution in [3.05, 3.63) is 47.0 Å². The molecule has 1 aliphatic heterocycles. The van der Waals surface area contributed by atoms with Crippen molar-refractivity contribution in [1.29, 1.82) is 0 Å². The Labute approximate surface area is 122 Å². The number of benzene rings is 1. The maximum atomic E-state index is 11.7. The summed E-state index contributed by atoms with van der Waals surface area (Å²) in [6.45, 7) is 5.80. The minimum absolute atomic E-state index is 0.000773. The predicted molar refractivity (Wildman–Crippen MR) is 81.7 cm³/mol. The summed E-state index contributed by atoms with van der Waals surface area (Å²) in [5, 5.41) is 4.14. The van der Waals surface area contributed by atoms with Crippen LogP contribution in [0.1, 0.15) is 24.9 Å². The smallest absolute Gasteiger partial charge is 0.228 e. The molecule has 1 heterocycles. The Kier molecular flexibility index (Phi) is 4.66. The molecule has 1 N–H and O–H groups in total. The monoisotopic (exact) mass is 294 g/mol. The average Bonchev–Trinajstić information content (AvgIpc) is 2.36. The van der Waals surface area contributed by atoms with E-state index in [1.54, 1.807) is 0 Å². The van der Waals surface area contributed by atoms with E-state index in [2.05, 4.69) is 16.9 Å². The molecule has 19 heavy (non-hydrogen) atoms. The topological polar surface area (TPSA) is 41.5 Å². The fourth-order valence-electron chi connectivity index (χ4n) is 1.71. The first-order chi connectivity index (χ1) is 9.04. The van der Waals surface area contributed by atoms with Gasteiger partial charge in [-0.15, -0.1) is 0 Å². The Hall–Kier alpha value is -1.26. The molecule has 0 radical (unpaired) electrons. The van der Waals surface area contributed by atoms with Crippen molar-refractivity contribution in [2.75, 3.05) is 5.75 Å². The summed E-state index contributed by atoms with van der Waals surface area (Å²) in [6.07, 6.45) is 0.374. The van der Waals surface area contributed by atoms with Crippen molar-refractivity contribution < 1.29 is 4.79 Å². The van der Waals surface area contributed by atoms with Crippen LogP contribution in [0.15, 0.2) is 41.4 Å². The number of nitrogens with one attached hydrogen (secondary N) is 1. The molecule has 1 aromatic rings. The molecule has 1 amide bonds. The Morgan fingerprint density at radius 1 is 1.53 bits per heavy atom. The van der Waals surface area contributed by atoms with Crippen LogP contribution >= 0.6 is 23.4 Å². The molecule has 100 valence electrons. The van der Waals surface area contributed by atoms with Crippen molar-refractivity contribution >= 4 is 34.4 Å². The fraction of sp³-hybridized carbons (Fsp3) is 0.286. The Morgan fingerprint density at radius 2 is 2.21 bits per heavy atom. The van der Waals surface area contributed by atoms with E-state index >= 15 is 0 Å². The van der Waals surface area contributed by atoms with Crippen molar-refractivity contribution in [3.63, 3.8) is 0 Å². The lowest BCUT2D eigenvalue weighted by Gasteiger charge is -2.20. The maximum absolute atomic E-state index is 11.7. The number of hydrogen-bond donors (Lipinski definition) is 1. The Bertz CT molecular complexity index is 525. The van der Waals surface area contributed by atoms with E-state index in [9.17, 15) is 4.79 Å². The minimum Gasteiger partial charge on any atom is -0.305 e. The van der Waals surface area contributed by atoms with Crippen LogP contribution in [0, 0.1) is 0 Å². The van der Waals surface area contributed by atoms with Crippen LogP contribution in [-0.2, 0) is 4.79 Å². The zero-order valence-corrected chi connectivity index (χ0v) is 12.2. The number of nitrogens with zero attached hydrogens (tertiary/aromatic N) is 1. The number of rotatable bonds is 3. The van der Waals surface area contributed by atoms with Crippen LogP contribution in [0.2, 0.25) is 5.02 Å². The van der Waals surface area contributed by atoms with Gasteiger partial charge >= 0.3 is 0 Å². The molecule has 0 saturated heterocycles. The highest BCUT2D eigenvalue weighted by molar-refractivity contribution is 8.14. The Balaban J connectivity index is 2.15. The first kappa shape index (κ1) is 14.2. The van der Waals surface area contributed by atoms with Gasteiger partial charge in [0.05, 0.1) is 12.5 Å². The van der Waals surface area contributed by atoms with E-state index in [1.807, 2.05) is 31.2 Å². The summed E-state index contributed by atoms with van der Waals surface area (Å²) in [6, 6.07) is 7.34. The zero-order chi connectivity index (χ0) is 13.8. The predicted octanol–water partition coefficient (Wildman–Crippen LogP) is 3.57. The van der Waals surface area contributed by atoms with E-state index in [1.165, 1.54) is 11.8 Å². The standard InChI is InChI=1S/C14H15ClN2OS/c1-9(2)8-19-14-16-12(7-13(18)17-14)10-3-5-11(15)6-4-10/h3-6,12H,1,7-8H2,2H3,(H,16,17,18)/t12-/m0/s1. The van der Waals surface area contributed by atoms with Crippen LogP contribution in [0.3, 0.4) is 0 Å². The molecular formula is C14H15ClN2OS. The van der Waals surface area contributed by atoms with E-state index < -0.39 is 0 Å². The lowest BCUT2D eigenvalue weighted by atomic mass is 10.0. The summed E-state index contributed by atoms with van der Waals surface area (Å²) < 4.78 is 0. The zero-order valence-electron chi connectivity index (χ0n) is 10.6. The highest BCUT2D eigenvalue weighted by Crippen LogP contribution is 2.27. The van der Waals surface area contributed by atoms with Gasteiger partial charge in [-0.25, -0.2) is 0 Å². The van der Waals surface area contributed by atoms with Crippen LogP contribution in [0.5, 0.6) is 0 Å². The van der Waals surface area contributed by atoms with Crippen molar-refractivity contribution in [3.8, 4) is 0 Å². The summed E-state index contributed by atoms with van der Waals surface area (Å²) in [5.41, 5.74) is 2.06. The Morgan fingerprint density at radius 3 is 2.84 bits per heavy atom. The molecule has 5 heteroatoms. The fourth-order valence-corrected chi connectivity index (χ4v) is 2.60. The number of thioether (sulfide) groups is 1. The minimum atomic E-state index is -0.126. The summed E-state index contributed by atoms with van der Waals surface area (Å²) in [7, 11) is 0. The van der Waals surface area contributed by atoms with Gasteiger partial charge in [0, 0.05) is 10.8 Å². The van der Waals surface area contributed by atoms with Gasteiger partial charge in [-0.1, -0.05) is 47.6 Å². The van der Waals surface area contributed by atoms with Crippen LogP contribution < -0.4 is 5.32 Å². The molecule has 0 aromatic heterocycles. The number of carbonyl (C=O) groups excluding carboxylic acids is 1. The largest absolute Gasteiger partial charge is 0.305 e. The molecule has 0 bridgehead atoms. The third-order valence-corrected chi connectivity index (χ3v) is 3.98. The molecule has 1 atom stereocenters. The molecule has 0 fully saturated rings. The van der Waals surface area contributed by atoms with Gasteiger partial charge < -0.3 is 5.32 Å².